The van der Waals surface area contributed by atoms with Crippen LogP contribution in [0, 0.1) is 6.92 Å². The fourth-order valence-electron chi connectivity index (χ4n) is 2.24. The summed E-state index contributed by atoms with van der Waals surface area (Å²) < 4.78 is 15.6. The maximum atomic E-state index is 12.3. The van der Waals surface area contributed by atoms with E-state index in [4.69, 9.17) is 14.0 Å². The van der Waals surface area contributed by atoms with E-state index in [1.54, 1.807) is 31.2 Å². The van der Waals surface area contributed by atoms with Crippen molar-refractivity contribution in [3.63, 3.8) is 0 Å². The first-order valence-electron chi connectivity index (χ1n) is 8.16. The number of ether oxygens (including phenoxy) is 2. The Morgan fingerprint density at radius 3 is 2.52 bits per heavy atom. The van der Waals surface area contributed by atoms with Crippen molar-refractivity contribution in [1.29, 1.82) is 0 Å². The Morgan fingerprint density at radius 2 is 1.92 bits per heavy atom. The van der Waals surface area contributed by atoms with E-state index in [1.807, 2.05) is 13.8 Å². The normalized spacial score (nSPS) is 11.7. The van der Waals surface area contributed by atoms with Crippen LogP contribution in [0.2, 0.25) is 0 Å². The van der Waals surface area contributed by atoms with Crippen molar-refractivity contribution < 1.29 is 23.6 Å². The largest absolute Gasteiger partial charge is 0.494 e. The quantitative estimate of drug-likeness (QED) is 0.775. The Hall–Kier alpha value is -2.83. The van der Waals surface area contributed by atoms with Crippen LogP contribution in [0.15, 0.2) is 28.8 Å². The molecule has 0 fully saturated rings. The Balaban J connectivity index is 1.97. The summed E-state index contributed by atoms with van der Waals surface area (Å²) in [6.45, 7) is 7.47. The van der Waals surface area contributed by atoms with Crippen LogP contribution in [0.1, 0.15) is 42.6 Å². The van der Waals surface area contributed by atoms with Crippen molar-refractivity contribution >= 4 is 17.6 Å². The minimum Gasteiger partial charge on any atom is -0.494 e. The molecule has 1 aromatic heterocycles. The molecule has 0 aliphatic rings. The molecule has 0 spiro atoms. The van der Waals surface area contributed by atoms with Crippen molar-refractivity contribution in [2.45, 2.75) is 40.2 Å². The molecule has 0 aliphatic heterocycles. The lowest BCUT2D eigenvalue weighted by Crippen LogP contribution is -2.30. The Morgan fingerprint density at radius 1 is 1.24 bits per heavy atom. The van der Waals surface area contributed by atoms with Crippen LogP contribution in [0.3, 0.4) is 0 Å². The summed E-state index contributed by atoms with van der Waals surface area (Å²) >= 11 is 0. The van der Waals surface area contributed by atoms with Gasteiger partial charge in [-0.3, -0.25) is 4.79 Å². The summed E-state index contributed by atoms with van der Waals surface area (Å²) in [5.74, 6) is 0.0468. The summed E-state index contributed by atoms with van der Waals surface area (Å²) in [4.78, 5) is 24.5. The van der Waals surface area contributed by atoms with Gasteiger partial charge >= 0.3 is 5.97 Å². The number of esters is 1. The first-order valence-corrected chi connectivity index (χ1v) is 8.16. The van der Waals surface area contributed by atoms with E-state index in [0.29, 0.717) is 30.2 Å². The third kappa shape index (κ3) is 4.59. The third-order valence-corrected chi connectivity index (χ3v) is 3.56. The molecule has 1 N–H and O–H groups in total. The molecule has 2 aromatic rings. The molecule has 1 amide bonds. The molecule has 0 bridgehead atoms. The number of carbonyl (C=O) groups excluding carboxylic acids is 2. The highest BCUT2D eigenvalue weighted by molar-refractivity contribution is 5.98. The number of aromatic nitrogens is 1. The van der Waals surface area contributed by atoms with Gasteiger partial charge in [0, 0.05) is 5.69 Å². The molecule has 0 saturated carbocycles. The standard InChI is InChI=1S/C18H22N2O5/c1-5-15-16(11(3)25-20-15)18(22)24-12(4)17(21)19-13-7-9-14(10-8-13)23-6-2/h7-10,12H,5-6H2,1-4H3,(H,19,21)/t12-/m1/s1. The molecule has 0 unspecified atom stereocenters. The van der Waals surface area contributed by atoms with Crippen LogP contribution < -0.4 is 10.1 Å². The highest BCUT2D eigenvalue weighted by atomic mass is 16.5. The summed E-state index contributed by atoms with van der Waals surface area (Å²) in [5, 5.41) is 6.50. The van der Waals surface area contributed by atoms with Crippen LogP contribution in [0.25, 0.3) is 0 Å². The fraction of sp³-hybridized carbons (Fsp3) is 0.389. The van der Waals surface area contributed by atoms with Crippen molar-refractivity contribution in [2.75, 3.05) is 11.9 Å². The molecule has 1 atom stereocenters. The van der Waals surface area contributed by atoms with Crippen LogP contribution in [0.4, 0.5) is 5.69 Å². The number of nitrogens with one attached hydrogen (secondary N) is 1. The second kappa shape index (κ2) is 8.32. The van der Waals surface area contributed by atoms with Crippen LogP contribution in [-0.2, 0) is 16.0 Å². The number of nitrogens with zero attached hydrogens (tertiary/aromatic N) is 1. The second-order valence-corrected chi connectivity index (χ2v) is 5.41. The zero-order valence-electron chi connectivity index (χ0n) is 14.8. The van der Waals surface area contributed by atoms with Gasteiger partial charge in [0.1, 0.15) is 17.1 Å². The number of anilines is 1. The molecule has 0 aliphatic carbocycles. The zero-order valence-corrected chi connectivity index (χ0v) is 14.8. The minimum atomic E-state index is -0.960. The lowest BCUT2D eigenvalue weighted by Gasteiger charge is -2.14. The molecule has 1 heterocycles. The van der Waals surface area contributed by atoms with E-state index in [0.717, 1.165) is 5.75 Å². The van der Waals surface area contributed by atoms with Gasteiger partial charge in [0.2, 0.25) is 0 Å². The number of amides is 1. The van der Waals surface area contributed by atoms with E-state index in [1.165, 1.54) is 6.92 Å². The lowest BCUT2D eigenvalue weighted by molar-refractivity contribution is -0.123. The van der Waals surface area contributed by atoms with Crippen LogP contribution in [0.5, 0.6) is 5.75 Å². The van der Waals surface area contributed by atoms with Gasteiger partial charge in [-0.2, -0.15) is 0 Å². The zero-order chi connectivity index (χ0) is 18.4. The molecular weight excluding hydrogens is 324 g/mol. The SMILES string of the molecule is CCOc1ccc(NC(=O)[C@@H](C)OC(=O)c2c(CC)noc2C)cc1. The topological polar surface area (TPSA) is 90.7 Å². The van der Waals surface area contributed by atoms with Gasteiger partial charge in [-0.1, -0.05) is 12.1 Å². The monoisotopic (exact) mass is 346 g/mol. The number of carbonyl (C=O) groups is 2. The predicted molar refractivity (Wildman–Crippen MR) is 91.7 cm³/mol. The van der Waals surface area contributed by atoms with E-state index in [2.05, 4.69) is 10.5 Å². The summed E-state index contributed by atoms with van der Waals surface area (Å²) in [6.07, 6.45) is -0.424. The second-order valence-electron chi connectivity index (χ2n) is 5.41. The maximum absolute atomic E-state index is 12.3. The number of hydrogen-bond donors (Lipinski definition) is 1. The highest BCUT2D eigenvalue weighted by Gasteiger charge is 2.25. The minimum absolute atomic E-state index is 0.281. The van der Waals surface area contributed by atoms with Crippen LogP contribution >= 0.6 is 0 Å². The van der Waals surface area contributed by atoms with Gasteiger partial charge in [-0.15, -0.1) is 0 Å². The maximum Gasteiger partial charge on any atom is 0.344 e. The average Bonchev–Trinajstić information content (AvgIpc) is 2.97. The van der Waals surface area contributed by atoms with Gasteiger partial charge < -0.3 is 19.3 Å². The molecule has 0 radical (unpaired) electrons. The Kier molecular flexibility index (Phi) is 6.16. The number of hydrogen-bond acceptors (Lipinski definition) is 6. The molecule has 2 rings (SSSR count). The van der Waals surface area contributed by atoms with Gasteiger partial charge in [-0.05, 0) is 51.5 Å². The molecule has 7 heteroatoms. The number of rotatable bonds is 7. The smallest absolute Gasteiger partial charge is 0.344 e. The van der Waals surface area contributed by atoms with Crippen LogP contribution in [-0.4, -0.2) is 29.7 Å². The summed E-state index contributed by atoms with van der Waals surface area (Å²) in [6, 6.07) is 6.95. The van der Waals surface area contributed by atoms with Gasteiger partial charge in [-0.25, -0.2) is 4.79 Å². The van der Waals surface area contributed by atoms with E-state index in [9.17, 15) is 9.59 Å². The van der Waals surface area contributed by atoms with Gasteiger partial charge in [0.05, 0.1) is 12.3 Å². The van der Waals surface area contributed by atoms with Crippen molar-refractivity contribution in [3.05, 3.63) is 41.3 Å². The van der Waals surface area contributed by atoms with Crippen molar-refractivity contribution in [1.82, 2.24) is 5.16 Å². The molecule has 25 heavy (non-hydrogen) atoms. The Bertz CT molecular complexity index is 736. The first-order chi connectivity index (χ1) is 12.0. The molecule has 134 valence electrons. The summed E-state index contributed by atoms with van der Waals surface area (Å²) in [5.41, 5.74) is 1.39. The third-order valence-electron chi connectivity index (χ3n) is 3.56. The molecule has 0 saturated heterocycles. The molecule has 7 nitrogen and oxygen atoms in total. The average molecular weight is 346 g/mol. The van der Waals surface area contributed by atoms with E-state index >= 15 is 0 Å². The lowest BCUT2D eigenvalue weighted by atomic mass is 10.1. The van der Waals surface area contributed by atoms with Crippen molar-refractivity contribution in [3.8, 4) is 5.75 Å². The Labute approximate surface area is 146 Å². The fourth-order valence-corrected chi connectivity index (χ4v) is 2.24. The molecular formula is C18H22N2O5. The first kappa shape index (κ1) is 18.5. The number of benzene rings is 1. The summed E-state index contributed by atoms with van der Waals surface area (Å²) in [7, 11) is 0. The van der Waals surface area contributed by atoms with Gasteiger partial charge in [0.25, 0.3) is 5.91 Å². The predicted octanol–water partition coefficient (Wildman–Crippen LogP) is 3.13. The van der Waals surface area contributed by atoms with Gasteiger partial charge in [0.15, 0.2) is 6.10 Å². The number of aryl methyl sites for hydroxylation is 2. The van der Waals surface area contributed by atoms with E-state index in [-0.39, 0.29) is 5.56 Å². The van der Waals surface area contributed by atoms with E-state index < -0.39 is 18.0 Å². The van der Waals surface area contributed by atoms with Crippen molar-refractivity contribution in [2.24, 2.45) is 0 Å². The molecule has 1 aromatic carbocycles. The highest BCUT2D eigenvalue weighted by Crippen LogP contribution is 2.18.